The van der Waals surface area contributed by atoms with E-state index < -0.39 is 0 Å². The van der Waals surface area contributed by atoms with Crippen molar-refractivity contribution >= 4 is 27.9 Å². The van der Waals surface area contributed by atoms with Crippen LogP contribution in [0.15, 0.2) is 35.0 Å². The van der Waals surface area contributed by atoms with E-state index in [1.54, 1.807) is 6.33 Å². The predicted octanol–water partition coefficient (Wildman–Crippen LogP) is 2.12. The molecule has 0 amide bonds. The summed E-state index contributed by atoms with van der Waals surface area (Å²) in [6, 6.07) is 7.98. The van der Waals surface area contributed by atoms with Crippen LogP contribution in [0, 0.1) is 6.92 Å². The number of rotatable bonds is 3. The molecular weight excluding hydrogens is 330 g/mol. The molecule has 4 heterocycles. The fraction of sp³-hybridized carbons (Fsp3) is 0.333. The van der Waals surface area contributed by atoms with Gasteiger partial charge in [-0.05, 0) is 19.1 Å². The molecule has 1 fully saturated rings. The maximum absolute atomic E-state index is 6.06. The molecule has 1 N–H and O–H groups in total. The van der Waals surface area contributed by atoms with Crippen LogP contribution in [0.4, 0.5) is 5.82 Å². The molecule has 0 bridgehead atoms. The van der Waals surface area contributed by atoms with Crippen molar-refractivity contribution in [2.45, 2.75) is 13.5 Å². The molecular formula is C18H19N7O. The van der Waals surface area contributed by atoms with Gasteiger partial charge in [0.25, 0.3) is 0 Å². The number of para-hydroxylation sites is 1. The summed E-state index contributed by atoms with van der Waals surface area (Å²) in [6.07, 6.45) is 1.63. The Morgan fingerprint density at radius 2 is 1.96 bits per heavy atom. The monoisotopic (exact) mass is 349 g/mol. The number of aromatic amines is 1. The van der Waals surface area contributed by atoms with Crippen LogP contribution >= 0.6 is 0 Å². The van der Waals surface area contributed by atoms with Gasteiger partial charge in [0.1, 0.15) is 23.3 Å². The number of anilines is 1. The Kier molecular flexibility index (Phi) is 3.56. The van der Waals surface area contributed by atoms with Crippen LogP contribution in [-0.2, 0) is 6.54 Å². The molecule has 0 unspecified atom stereocenters. The first-order valence-corrected chi connectivity index (χ1v) is 8.75. The Hall–Kier alpha value is -3.00. The number of fused-ring (bicyclic) bond motifs is 3. The third-order valence-electron chi connectivity index (χ3n) is 4.82. The number of hydrogen-bond donors (Lipinski definition) is 1. The summed E-state index contributed by atoms with van der Waals surface area (Å²) in [5, 5.41) is 8.16. The molecule has 0 atom stereocenters. The Bertz CT molecular complexity index is 1060. The van der Waals surface area contributed by atoms with Crippen LogP contribution in [0.3, 0.4) is 0 Å². The van der Waals surface area contributed by atoms with Gasteiger partial charge in [0, 0.05) is 31.6 Å². The van der Waals surface area contributed by atoms with Crippen molar-refractivity contribution < 1.29 is 4.42 Å². The van der Waals surface area contributed by atoms with E-state index in [9.17, 15) is 0 Å². The number of nitrogens with one attached hydrogen (secondary N) is 1. The molecule has 5 rings (SSSR count). The van der Waals surface area contributed by atoms with Crippen molar-refractivity contribution in [3.05, 3.63) is 42.2 Å². The summed E-state index contributed by atoms with van der Waals surface area (Å²) in [5.74, 6) is 2.57. The topological polar surface area (TPSA) is 87.0 Å². The highest BCUT2D eigenvalue weighted by Crippen LogP contribution is 2.32. The standard InChI is InChI=1S/C18H19N7O/c1-12-21-15(23-22-12)10-24-6-8-25(9-7-24)18-17-16(19-11-20-18)13-4-2-3-5-14(13)26-17/h2-5,11H,6-10H2,1H3,(H,21,22,23). The van der Waals surface area contributed by atoms with E-state index in [-0.39, 0.29) is 0 Å². The van der Waals surface area contributed by atoms with Crippen LogP contribution in [0.5, 0.6) is 0 Å². The van der Waals surface area contributed by atoms with Crippen molar-refractivity contribution in [3.8, 4) is 0 Å². The summed E-state index contributed by atoms with van der Waals surface area (Å²) in [4.78, 5) is 18.0. The van der Waals surface area contributed by atoms with Gasteiger partial charge >= 0.3 is 0 Å². The van der Waals surface area contributed by atoms with E-state index in [1.165, 1.54) is 0 Å². The molecule has 8 heteroatoms. The van der Waals surface area contributed by atoms with Gasteiger partial charge in [0.15, 0.2) is 17.2 Å². The van der Waals surface area contributed by atoms with Gasteiger partial charge in [-0.25, -0.2) is 15.0 Å². The normalized spacial score (nSPS) is 16.0. The Morgan fingerprint density at radius 3 is 2.77 bits per heavy atom. The minimum Gasteiger partial charge on any atom is -0.450 e. The molecule has 1 aromatic carbocycles. The van der Waals surface area contributed by atoms with Gasteiger partial charge in [-0.2, -0.15) is 5.10 Å². The van der Waals surface area contributed by atoms with Crippen molar-refractivity contribution in [1.82, 2.24) is 30.0 Å². The highest BCUT2D eigenvalue weighted by atomic mass is 16.3. The minimum atomic E-state index is 0.766. The summed E-state index contributed by atoms with van der Waals surface area (Å²) in [6.45, 7) is 6.31. The van der Waals surface area contributed by atoms with E-state index in [0.29, 0.717) is 0 Å². The number of furan rings is 1. The maximum atomic E-state index is 6.06. The molecule has 1 aliphatic rings. The van der Waals surface area contributed by atoms with E-state index in [1.807, 2.05) is 31.2 Å². The van der Waals surface area contributed by atoms with E-state index in [4.69, 9.17) is 4.42 Å². The molecule has 3 aromatic heterocycles. The summed E-state index contributed by atoms with van der Waals surface area (Å²) >= 11 is 0. The molecule has 0 aliphatic carbocycles. The predicted molar refractivity (Wildman–Crippen MR) is 97.9 cm³/mol. The lowest BCUT2D eigenvalue weighted by molar-refractivity contribution is 0.244. The Balaban J connectivity index is 1.38. The third-order valence-corrected chi connectivity index (χ3v) is 4.82. The number of piperazine rings is 1. The number of aryl methyl sites for hydroxylation is 1. The summed E-state index contributed by atoms with van der Waals surface area (Å²) < 4.78 is 6.06. The fourth-order valence-electron chi connectivity index (χ4n) is 3.51. The van der Waals surface area contributed by atoms with Gasteiger partial charge in [-0.1, -0.05) is 12.1 Å². The number of aromatic nitrogens is 5. The van der Waals surface area contributed by atoms with Crippen LogP contribution in [-0.4, -0.2) is 56.2 Å². The average Bonchev–Trinajstić information content (AvgIpc) is 3.25. The SMILES string of the molecule is Cc1nc(CN2CCN(c3ncnc4c3oc3ccccc34)CC2)n[nH]1. The zero-order chi connectivity index (χ0) is 17.5. The maximum Gasteiger partial charge on any atom is 0.196 e. The lowest BCUT2D eigenvalue weighted by Gasteiger charge is -2.34. The van der Waals surface area contributed by atoms with Crippen LogP contribution in [0.1, 0.15) is 11.6 Å². The minimum absolute atomic E-state index is 0.766. The van der Waals surface area contributed by atoms with Gasteiger partial charge in [-0.15, -0.1) is 0 Å². The molecule has 4 aromatic rings. The Morgan fingerprint density at radius 1 is 1.12 bits per heavy atom. The second-order valence-electron chi connectivity index (χ2n) is 6.57. The average molecular weight is 349 g/mol. The molecule has 132 valence electrons. The first-order chi connectivity index (χ1) is 12.8. The third kappa shape index (κ3) is 2.59. The molecule has 1 aliphatic heterocycles. The smallest absolute Gasteiger partial charge is 0.196 e. The fourth-order valence-corrected chi connectivity index (χ4v) is 3.51. The quantitative estimate of drug-likeness (QED) is 0.606. The van der Waals surface area contributed by atoms with Crippen molar-refractivity contribution in [2.24, 2.45) is 0 Å². The first kappa shape index (κ1) is 15.3. The lowest BCUT2D eigenvalue weighted by atomic mass is 10.2. The molecule has 26 heavy (non-hydrogen) atoms. The van der Waals surface area contributed by atoms with Crippen molar-refractivity contribution in [1.29, 1.82) is 0 Å². The number of H-pyrrole nitrogens is 1. The summed E-state index contributed by atoms with van der Waals surface area (Å²) in [7, 11) is 0. The molecule has 8 nitrogen and oxygen atoms in total. The number of benzene rings is 1. The van der Waals surface area contributed by atoms with E-state index in [2.05, 4.69) is 34.9 Å². The van der Waals surface area contributed by atoms with Crippen LogP contribution in [0.2, 0.25) is 0 Å². The number of nitrogens with zero attached hydrogens (tertiary/aromatic N) is 6. The second-order valence-corrected chi connectivity index (χ2v) is 6.57. The zero-order valence-electron chi connectivity index (χ0n) is 14.5. The van der Waals surface area contributed by atoms with Crippen LogP contribution < -0.4 is 4.90 Å². The van der Waals surface area contributed by atoms with E-state index in [0.717, 1.165) is 72.3 Å². The summed E-state index contributed by atoms with van der Waals surface area (Å²) in [5.41, 5.74) is 2.50. The van der Waals surface area contributed by atoms with Gasteiger partial charge in [0.2, 0.25) is 0 Å². The van der Waals surface area contributed by atoms with Gasteiger partial charge < -0.3 is 9.32 Å². The highest BCUT2D eigenvalue weighted by molar-refractivity contribution is 6.05. The molecule has 1 saturated heterocycles. The second kappa shape index (κ2) is 6.06. The highest BCUT2D eigenvalue weighted by Gasteiger charge is 2.23. The lowest BCUT2D eigenvalue weighted by Crippen LogP contribution is -2.46. The van der Waals surface area contributed by atoms with Crippen molar-refractivity contribution in [2.75, 3.05) is 31.1 Å². The molecule has 0 radical (unpaired) electrons. The van der Waals surface area contributed by atoms with Gasteiger partial charge in [-0.3, -0.25) is 10.00 Å². The van der Waals surface area contributed by atoms with Crippen molar-refractivity contribution in [3.63, 3.8) is 0 Å². The zero-order valence-corrected chi connectivity index (χ0v) is 14.5. The first-order valence-electron chi connectivity index (χ1n) is 8.75. The largest absolute Gasteiger partial charge is 0.450 e. The Labute approximate surface area is 149 Å². The molecule has 0 saturated carbocycles. The van der Waals surface area contributed by atoms with Crippen LogP contribution in [0.25, 0.3) is 22.1 Å². The van der Waals surface area contributed by atoms with Gasteiger partial charge in [0.05, 0.1) is 6.54 Å². The number of hydrogen-bond acceptors (Lipinski definition) is 7. The molecule has 0 spiro atoms. The van der Waals surface area contributed by atoms with E-state index >= 15 is 0 Å².